The summed E-state index contributed by atoms with van der Waals surface area (Å²) in [5.41, 5.74) is 1.21. The first kappa shape index (κ1) is 14.0. The van der Waals surface area contributed by atoms with E-state index in [0.717, 1.165) is 0 Å². The van der Waals surface area contributed by atoms with E-state index in [1.54, 1.807) is 13.0 Å². The Morgan fingerprint density at radius 1 is 1.42 bits per heavy atom. The highest BCUT2D eigenvalue weighted by Gasteiger charge is 2.41. The molecule has 0 radical (unpaired) electrons. The van der Waals surface area contributed by atoms with Crippen LogP contribution in [0.15, 0.2) is 23.8 Å². The molecule has 2 aliphatic rings. The van der Waals surface area contributed by atoms with E-state index < -0.39 is 6.10 Å². The zero-order valence-corrected chi connectivity index (χ0v) is 11.4. The van der Waals surface area contributed by atoms with Crippen molar-refractivity contribution in [3.05, 3.63) is 23.8 Å². The maximum absolute atomic E-state index is 11.8. The van der Waals surface area contributed by atoms with Gasteiger partial charge in [-0.25, -0.2) is 0 Å². The molecule has 0 spiro atoms. The van der Waals surface area contributed by atoms with Gasteiger partial charge in [-0.05, 0) is 37.0 Å². The molecule has 4 heteroatoms. The monoisotopic (exact) mass is 264 g/mol. The predicted molar refractivity (Wildman–Crippen MR) is 70.3 cm³/mol. The molecule has 1 fully saturated rings. The molecular weight excluding hydrogens is 244 g/mol. The van der Waals surface area contributed by atoms with E-state index in [2.05, 4.69) is 6.58 Å². The second-order valence-electron chi connectivity index (χ2n) is 5.55. The van der Waals surface area contributed by atoms with Crippen LogP contribution in [0, 0.1) is 11.8 Å². The molecule has 4 nitrogen and oxygen atoms in total. The Labute approximate surface area is 113 Å². The summed E-state index contributed by atoms with van der Waals surface area (Å²) in [5.74, 6) is -0.424. The molecule has 0 saturated carbocycles. The molecule has 2 rings (SSSR count). The number of ether oxygens (including phenoxy) is 1. The van der Waals surface area contributed by atoms with E-state index >= 15 is 0 Å². The third-order valence-corrected chi connectivity index (χ3v) is 4.19. The van der Waals surface area contributed by atoms with E-state index in [-0.39, 0.29) is 36.1 Å². The lowest BCUT2D eigenvalue weighted by Crippen LogP contribution is -2.24. The number of aliphatic hydroxyl groups excluding tert-OH is 1. The summed E-state index contributed by atoms with van der Waals surface area (Å²) in [6.45, 7) is 7.39. The van der Waals surface area contributed by atoms with Gasteiger partial charge in [0.25, 0.3) is 0 Å². The summed E-state index contributed by atoms with van der Waals surface area (Å²) in [6.07, 6.45) is 2.00. The summed E-state index contributed by atoms with van der Waals surface area (Å²) < 4.78 is 5.35. The molecule has 1 N–H and O–H groups in total. The lowest BCUT2D eigenvalue weighted by Gasteiger charge is -2.21. The average Bonchev–Trinajstić information content (AvgIpc) is 2.61. The van der Waals surface area contributed by atoms with E-state index in [9.17, 15) is 14.7 Å². The topological polar surface area (TPSA) is 63.6 Å². The first-order valence-corrected chi connectivity index (χ1v) is 6.68. The lowest BCUT2D eigenvalue weighted by atomic mass is 9.83. The minimum absolute atomic E-state index is 0.0531. The van der Waals surface area contributed by atoms with E-state index in [1.807, 2.05) is 6.92 Å². The van der Waals surface area contributed by atoms with Crippen molar-refractivity contribution in [1.29, 1.82) is 0 Å². The minimum Gasteiger partial charge on any atom is -0.458 e. The van der Waals surface area contributed by atoms with Gasteiger partial charge in [-0.2, -0.15) is 0 Å². The van der Waals surface area contributed by atoms with Crippen LogP contribution in [0.2, 0.25) is 0 Å². The second kappa shape index (κ2) is 5.29. The first-order valence-electron chi connectivity index (χ1n) is 6.68. The fraction of sp³-hybridized carbons (Fsp3) is 0.600. The highest BCUT2D eigenvalue weighted by atomic mass is 16.6. The number of carbonyl (C=O) groups is 2. The molecule has 0 unspecified atom stereocenters. The molecule has 104 valence electrons. The summed E-state index contributed by atoms with van der Waals surface area (Å²) >= 11 is 0. The van der Waals surface area contributed by atoms with Crippen LogP contribution in [0.4, 0.5) is 0 Å². The number of ketones is 1. The van der Waals surface area contributed by atoms with Crippen molar-refractivity contribution >= 4 is 11.8 Å². The zero-order chi connectivity index (χ0) is 14.2. The highest BCUT2D eigenvalue weighted by molar-refractivity contribution is 5.95. The van der Waals surface area contributed by atoms with Crippen molar-refractivity contribution in [3.8, 4) is 0 Å². The van der Waals surface area contributed by atoms with Gasteiger partial charge in [0.1, 0.15) is 6.10 Å². The number of aliphatic hydroxyl groups is 1. The van der Waals surface area contributed by atoms with Crippen LogP contribution >= 0.6 is 0 Å². The Morgan fingerprint density at radius 3 is 2.79 bits per heavy atom. The van der Waals surface area contributed by atoms with Crippen LogP contribution < -0.4 is 0 Å². The number of rotatable bonds is 0. The number of carbonyl (C=O) groups excluding carboxylic acids is 2. The SMILES string of the molecule is C=C1CC[C@H]2[C@H](C)C(=O)O[C@@H]2C=C(C)[C@@H](O)CC1=O. The van der Waals surface area contributed by atoms with E-state index in [0.29, 0.717) is 24.0 Å². The molecule has 1 saturated heterocycles. The van der Waals surface area contributed by atoms with Crippen molar-refractivity contribution < 1.29 is 19.4 Å². The number of fused-ring (bicyclic) bond motifs is 1. The van der Waals surface area contributed by atoms with Gasteiger partial charge in [-0.1, -0.05) is 13.5 Å². The normalized spacial score (nSPS) is 36.6. The van der Waals surface area contributed by atoms with Crippen LogP contribution in [-0.2, 0) is 14.3 Å². The predicted octanol–water partition coefficient (Wildman–Crippen LogP) is 1.78. The molecule has 0 aromatic rings. The Bertz CT molecular complexity index is 449. The van der Waals surface area contributed by atoms with Gasteiger partial charge in [-0.15, -0.1) is 0 Å². The Balaban J connectivity index is 2.30. The fourth-order valence-corrected chi connectivity index (χ4v) is 2.69. The van der Waals surface area contributed by atoms with Crippen LogP contribution in [0.3, 0.4) is 0 Å². The minimum atomic E-state index is -0.822. The largest absolute Gasteiger partial charge is 0.458 e. The molecule has 1 heterocycles. The standard InChI is InChI=1S/C15H20O4/c1-8-4-5-11-10(3)15(18)19-14(11)6-9(2)13(17)7-12(8)16/h6,10-11,13-14,17H,1,4-5,7H2,2-3H3/t10-,11-,13-,14+/m0/s1. The highest BCUT2D eigenvalue weighted by Crippen LogP contribution is 2.35. The van der Waals surface area contributed by atoms with Crippen molar-refractivity contribution in [2.45, 2.75) is 45.3 Å². The summed E-state index contributed by atoms with van der Waals surface area (Å²) in [6, 6.07) is 0. The van der Waals surface area contributed by atoms with Crippen molar-refractivity contribution in [2.24, 2.45) is 11.8 Å². The lowest BCUT2D eigenvalue weighted by molar-refractivity contribution is -0.142. The Morgan fingerprint density at radius 2 is 2.11 bits per heavy atom. The van der Waals surface area contributed by atoms with E-state index in [1.165, 1.54) is 0 Å². The van der Waals surface area contributed by atoms with Gasteiger partial charge in [0, 0.05) is 12.3 Å². The fourth-order valence-electron chi connectivity index (χ4n) is 2.69. The van der Waals surface area contributed by atoms with Gasteiger partial charge in [0.05, 0.1) is 12.0 Å². The maximum atomic E-state index is 11.8. The Kier molecular flexibility index (Phi) is 3.90. The van der Waals surface area contributed by atoms with Gasteiger partial charge in [0.15, 0.2) is 5.78 Å². The van der Waals surface area contributed by atoms with Gasteiger partial charge >= 0.3 is 5.97 Å². The molecule has 0 aromatic heterocycles. The van der Waals surface area contributed by atoms with Gasteiger partial charge in [-0.3, -0.25) is 9.59 Å². The number of hydrogen-bond acceptors (Lipinski definition) is 4. The van der Waals surface area contributed by atoms with Crippen molar-refractivity contribution in [3.63, 3.8) is 0 Å². The van der Waals surface area contributed by atoms with Crippen molar-refractivity contribution in [2.75, 3.05) is 0 Å². The molecule has 19 heavy (non-hydrogen) atoms. The van der Waals surface area contributed by atoms with Crippen molar-refractivity contribution in [1.82, 2.24) is 0 Å². The molecule has 1 aliphatic carbocycles. The average molecular weight is 264 g/mol. The van der Waals surface area contributed by atoms with Crippen LogP contribution in [0.5, 0.6) is 0 Å². The summed E-state index contributed by atoms with van der Waals surface area (Å²) in [5, 5.41) is 9.97. The number of Topliss-reactive ketones (excluding diaryl/α,β-unsaturated/α-hetero) is 1. The summed E-state index contributed by atoms with van der Waals surface area (Å²) in [7, 11) is 0. The molecule has 4 atom stereocenters. The second-order valence-corrected chi connectivity index (χ2v) is 5.55. The third-order valence-electron chi connectivity index (χ3n) is 4.19. The third kappa shape index (κ3) is 2.78. The number of allylic oxidation sites excluding steroid dienone is 1. The molecule has 0 amide bonds. The van der Waals surface area contributed by atoms with Crippen LogP contribution in [-0.4, -0.2) is 29.1 Å². The van der Waals surface area contributed by atoms with E-state index in [4.69, 9.17) is 4.74 Å². The molecular formula is C15H20O4. The Hall–Kier alpha value is -1.42. The number of esters is 1. The van der Waals surface area contributed by atoms with Gasteiger partial charge < -0.3 is 9.84 Å². The smallest absolute Gasteiger partial charge is 0.309 e. The first-order chi connectivity index (χ1) is 8.90. The van der Waals surface area contributed by atoms with Crippen LogP contribution in [0.1, 0.15) is 33.1 Å². The summed E-state index contributed by atoms with van der Waals surface area (Å²) in [4.78, 5) is 23.5. The molecule has 0 aromatic carbocycles. The molecule has 0 bridgehead atoms. The van der Waals surface area contributed by atoms with Gasteiger partial charge in [0.2, 0.25) is 0 Å². The quantitative estimate of drug-likeness (QED) is 0.411. The van der Waals surface area contributed by atoms with Crippen LogP contribution in [0.25, 0.3) is 0 Å². The zero-order valence-electron chi connectivity index (χ0n) is 11.4. The maximum Gasteiger partial charge on any atom is 0.309 e. The number of hydrogen-bond donors (Lipinski definition) is 1. The molecule has 1 aliphatic heterocycles.